The third kappa shape index (κ3) is 3.70. The van der Waals surface area contributed by atoms with Gasteiger partial charge >= 0.3 is 0 Å². The predicted molar refractivity (Wildman–Crippen MR) is 93.8 cm³/mol. The lowest BCUT2D eigenvalue weighted by Gasteiger charge is -2.26. The van der Waals surface area contributed by atoms with Gasteiger partial charge in [-0.2, -0.15) is 0 Å². The van der Waals surface area contributed by atoms with E-state index in [1.165, 1.54) is 5.56 Å². The zero-order valence-corrected chi connectivity index (χ0v) is 14.3. The highest BCUT2D eigenvalue weighted by atomic mass is 16.6. The molecule has 0 radical (unpaired) electrons. The molecule has 4 nitrogen and oxygen atoms in total. The predicted octanol–water partition coefficient (Wildman–Crippen LogP) is 3.55. The topological polar surface area (TPSA) is 47.6 Å². The van der Waals surface area contributed by atoms with Crippen molar-refractivity contribution in [3.8, 4) is 11.5 Å². The normalized spacial score (nSPS) is 16.5. The number of carbonyl (C=O) groups excluding carboxylic acids is 1. The number of nitrogens with one attached hydrogen (secondary N) is 1. The molecule has 0 bridgehead atoms. The van der Waals surface area contributed by atoms with Gasteiger partial charge in [-0.15, -0.1) is 0 Å². The molecule has 1 aliphatic rings. The Morgan fingerprint density at radius 3 is 2.42 bits per heavy atom. The van der Waals surface area contributed by atoms with E-state index in [1.807, 2.05) is 48.5 Å². The summed E-state index contributed by atoms with van der Waals surface area (Å²) in [7, 11) is 0. The standard InChI is InChI=1S/C20H23NO3/c1-20(2,3)15-10-8-14(9-11-15)19(22)21-12-16-13-23-17-6-4-5-7-18(17)24-16/h4-11,16H,12-13H2,1-3H3,(H,21,22)/t16-/m1/s1. The minimum Gasteiger partial charge on any atom is -0.486 e. The van der Waals surface area contributed by atoms with E-state index in [4.69, 9.17) is 9.47 Å². The van der Waals surface area contributed by atoms with E-state index in [9.17, 15) is 4.79 Å². The van der Waals surface area contributed by atoms with Crippen LogP contribution in [0.2, 0.25) is 0 Å². The number of amides is 1. The van der Waals surface area contributed by atoms with Crippen molar-refractivity contribution >= 4 is 5.91 Å². The molecule has 1 heterocycles. The van der Waals surface area contributed by atoms with Crippen LogP contribution in [0.4, 0.5) is 0 Å². The lowest BCUT2D eigenvalue weighted by molar-refractivity contribution is 0.0789. The van der Waals surface area contributed by atoms with Crippen LogP contribution in [0, 0.1) is 0 Å². The highest BCUT2D eigenvalue weighted by molar-refractivity contribution is 5.94. The van der Waals surface area contributed by atoms with E-state index < -0.39 is 0 Å². The van der Waals surface area contributed by atoms with E-state index in [2.05, 4.69) is 26.1 Å². The zero-order valence-electron chi connectivity index (χ0n) is 14.3. The summed E-state index contributed by atoms with van der Waals surface area (Å²) >= 11 is 0. The first-order valence-corrected chi connectivity index (χ1v) is 8.21. The quantitative estimate of drug-likeness (QED) is 0.939. The molecular formula is C20H23NO3. The first-order valence-electron chi connectivity index (χ1n) is 8.21. The van der Waals surface area contributed by atoms with Gasteiger partial charge in [0, 0.05) is 5.56 Å². The van der Waals surface area contributed by atoms with Crippen LogP contribution in [0.3, 0.4) is 0 Å². The zero-order chi connectivity index (χ0) is 17.2. The molecule has 1 atom stereocenters. The van der Waals surface area contributed by atoms with Gasteiger partial charge < -0.3 is 14.8 Å². The fraction of sp³-hybridized carbons (Fsp3) is 0.350. The van der Waals surface area contributed by atoms with Crippen LogP contribution in [0.25, 0.3) is 0 Å². The van der Waals surface area contributed by atoms with Crippen LogP contribution in [0.15, 0.2) is 48.5 Å². The number of rotatable bonds is 3. The average Bonchev–Trinajstić information content (AvgIpc) is 2.59. The molecule has 126 valence electrons. The van der Waals surface area contributed by atoms with Crippen molar-refractivity contribution in [1.29, 1.82) is 0 Å². The van der Waals surface area contributed by atoms with Gasteiger partial charge in [-0.05, 0) is 35.2 Å². The number of hydrogen-bond donors (Lipinski definition) is 1. The van der Waals surface area contributed by atoms with Gasteiger partial charge in [0.1, 0.15) is 12.7 Å². The van der Waals surface area contributed by atoms with Gasteiger partial charge in [0.25, 0.3) is 5.91 Å². The molecule has 2 aromatic rings. The van der Waals surface area contributed by atoms with Gasteiger partial charge in [-0.1, -0.05) is 45.0 Å². The number of carbonyl (C=O) groups is 1. The summed E-state index contributed by atoms with van der Waals surface area (Å²) in [6, 6.07) is 15.3. The molecule has 1 amide bonds. The second kappa shape index (κ2) is 6.56. The molecule has 0 saturated heterocycles. The van der Waals surface area contributed by atoms with Crippen LogP contribution in [-0.2, 0) is 5.41 Å². The van der Waals surface area contributed by atoms with Crippen molar-refractivity contribution in [3.63, 3.8) is 0 Å². The Morgan fingerprint density at radius 2 is 1.75 bits per heavy atom. The average molecular weight is 325 g/mol. The lowest BCUT2D eigenvalue weighted by atomic mass is 9.87. The lowest BCUT2D eigenvalue weighted by Crippen LogP contribution is -2.40. The number of hydrogen-bond acceptors (Lipinski definition) is 3. The Morgan fingerprint density at radius 1 is 1.08 bits per heavy atom. The van der Waals surface area contributed by atoms with E-state index in [0.29, 0.717) is 18.7 Å². The molecule has 4 heteroatoms. The number of ether oxygens (including phenoxy) is 2. The van der Waals surface area contributed by atoms with E-state index in [-0.39, 0.29) is 17.4 Å². The maximum absolute atomic E-state index is 12.3. The third-order valence-corrected chi connectivity index (χ3v) is 4.07. The molecule has 0 saturated carbocycles. The van der Waals surface area contributed by atoms with Crippen LogP contribution in [0.5, 0.6) is 11.5 Å². The van der Waals surface area contributed by atoms with E-state index in [0.717, 1.165) is 11.5 Å². The van der Waals surface area contributed by atoms with Crippen molar-refractivity contribution in [2.75, 3.05) is 13.2 Å². The smallest absolute Gasteiger partial charge is 0.251 e. The Balaban J connectivity index is 1.56. The van der Waals surface area contributed by atoms with Crippen LogP contribution < -0.4 is 14.8 Å². The summed E-state index contributed by atoms with van der Waals surface area (Å²) in [5.74, 6) is 1.37. The van der Waals surface area contributed by atoms with Gasteiger partial charge in [-0.25, -0.2) is 0 Å². The minimum atomic E-state index is -0.183. The highest BCUT2D eigenvalue weighted by Gasteiger charge is 2.21. The fourth-order valence-corrected chi connectivity index (χ4v) is 2.59. The Hall–Kier alpha value is -2.49. The molecule has 1 aliphatic heterocycles. The van der Waals surface area contributed by atoms with Crippen molar-refractivity contribution < 1.29 is 14.3 Å². The number of para-hydroxylation sites is 2. The van der Waals surface area contributed by atoms with E-state index >= 15 is 0 Å². The van der Waals surface area contributed by atoms with E-state index in [1.54, 1.807) is 0 Å². The molecule has 0 spiro atoms. The summed E-state index contributed by atoms with van der Waals surface area (Å²) in [6.07, 6.45) is -0.183. The van der Waals surface area contributed by atoms with Gasteiger partial charge in [-0.3, -0.25) is 4.79 Å². The molecular weight excluding hydrogens is 302 g/mol. The molecule has 0 unspecified atom stereocenters. The summed E-state index contributed by atoms with van der Waals surface area (Å²) in [4.78, 5) is 12.3. The van der Waals surface area contributed by atoms with Gasteiger partial charge in [0.15, 0.2) is 11.5 Å². The van der Waals surface area contributed by atoms with Crippen LogP contribution in [-0.4, -0.2) is 25.2 Å². The number of benzene rings is 2. The van der Waals surface area contributed by atoms with Crippen LogP contribution in [0.1, 0.15) is 36.7 Å². The fourth-order valence-electron chi connectivity index (χ4n) is 2.59. The summed E-state index contributed by atoms with van der Waals surface area (Å²) in [5.41, 5.74) is 1.94. The Bertz CT molecular complexity index is 716. The molecule has 0 aromatic heterocycles. The summed E-state index contributed by atoms with van der Waals surface area (Å²) in [5, 5.41) is 2.91. The van der Waals surface area contributed by atoms with Gasteiger partial charge in [0.05, 0.1) is 6.54 Å². The Labute approximate surface area is 142 Å². The second-order valence-electron chi connectivity index (χ2n) is 7.03. The van der Waals surface area contributed by atoms with Gasteiger partial charge in [0.2, 0.25) is 0 Å². The largest absolute Gasteiger partial charge is 0.486 e. The number of fused-ring (bicyclic) bond motifs is 1. The first kappa shape index (κ1) is 16.4. The molecule has 0 fully saturated rings. The van der Waals surface area contributed by atoms with Crippen molar-refractivity contribution in [2.24, 2.45) is 0 Å². The van der Waals surface area contributed by atoms with Crippen LogP contribution >= 0.6 is 0 Å². The highest BCUT2D eigenvalue weighted by Crippen LogP contribution is 2.30. The molecule has 2 aromatic carbocycles. The maximum Gasteiger partial charge on any atom is 0.251 e. The molecule has 0 aliphatic carbocycles. The first-order chi connectivity index (χ1) is 11.4. The summed E-state index contributed by atoms with van der Waals surface area (Å²) in [6.45, 7) is 7.30. The van der Waals surface area contributed by atoms with Crippen molar-refractivity contribution in [2.45, 2.75) is 32.3 Å². The minimum absolute atomic E-state index is 0.0790. The van der Waals surface area contributed by atoms with Crippen molar-refractivity contribution in [1.82, 2.24) is 5.32 Å². The monoisotopic (exact) mass is 325 g/mol. The maximum atomic E-state index is 12.3. The second-order valence-corrected chi connectivity index (χ2v) is 7.03. The molecule has 24 heavy (non-hydrogen) atoms. The van der Waals surface area contributed by atoms with Crippen molar-refractivity contribution in [3.05, 3.63) is 59.7 Å². The summed E-state index contributed by atoms with van der Waals surface area (Å²) < 4.78 is 11.5. The molecule has 1 N–H and O–H groups in total. The Kier molecular flexibility index (Phi) is 4.47. The molecule has 3 rings (SSSR count). The third-order valence-electron chi connectivity index (χ3n) is 4.07. The SMILES string of the molecule is CC(C)(C)c1ccc(C(=O)NC[C@@H]2COc3ccccc3O2)cc1.